The van der Waals surface area contributed by atoms with Crippen LogP contribution in [0.4, 0.5) is 9.59 Å². The lowest BCUT2D eigenvalue weighted by Gasteiger charge is -2.44. The highest BCUT2D eigenvalue weighted by Crippen LogP contribution is 2.48. The van der Waals surface area contributed by atoms with Crippen LogP contribution in [0.3, 0.4) is 0 Å². The molecule has 0 aliphatic carbocycles. The summed E-state index contributed by atoms with van der Waals surface area (Å²) in [6.07, 6.45) is 1.05. The van der Waals surface area contributed by atoms with Crippen LogP contribution >= 0.6 is 11.3 Å². The fourth-order valence-corrected chi connectivity index (χ4v) is 5.41. The number of amides is 2. The molecule has 3 heterocycles. The quantitative estimate of drug-likeness (QED) is 0.440. The van der Waals surface area contributed by atoms with Gasteiger partial charge < -0.3 is 14.2 Å². The fraction of sp³-hybridized carbons (Fsp3) is 0.632. The topological polar surface area (TPSA) is 97.4 Å². The zero-order valence-electron chi connectivity index (χ0n) is 16.8. The van der Waals surface area contributed by atoms with Crippen LogP contribution in [0, 0.1) is 5.92 Å². The summed E-state index contributed by atoms with van der Waals surface area (Å²) in [4.78, 5) is 39.9. The van der Waals surface area contributed by atoms with Gasteiger partial charge in [-0.1, -0.05) is 6.07 Å². The Morgan fingerprint density at radius 2 is 2.07 bits per heavy atom. The number of methoxy groups -OCH3 is 2. The standard InChI is InChI=1S/C19H27N3O6S/c1-4-28-19(25)22(20-18(24)27-3)11-21-12-7-8-14(21)16(15-6-5-9-29-15)13(10-12)17(23)26-2/h5-6,9,12-14,16H,4,7-8,10-11H2,1-3H3,(H,20,24)/t12-,13+,14-,16+/m1/s1. The highest BCUT2D eigenvalue weighted by Gasteiger charge is 2.51. The molecule has 4 atom stereocenters. The number of nitrogens with zero attached hydrogens (tertiary/aromatic N) is 2. The van der Waals surface area contributed by atoms with Crippen molar-refractivity contribution in [1.82, 2.24) is 15.3 Å². The molecule has 160 valence electrons. The zero-order valence-corrected chi connectivity index (χ0v) is 17.6. The molecule has 2 aliphatic rings. The number of piperidine rings is 1. The summed E-state index contributed by atoms with van der Waals surface area (Å²) in [5.74, 6) is -0.449. The Kier molecular flexibility index (Phi) is 6.96. The predicted molar refractivity (Wildman–Crippen MR) is 105 cm³/mol. The van der Waals surface area contributed by atoms with E-state index in [-0.39, 0.29) is 43.2 Å². The predicted octanol–water partition coefficient (Wildman–Crippen LogP) is 2.54. The van der Waals surface area contributed by atoms with Crippen LogP contribution in [0.2, 0.25) is 0 Å². The first-order valence-electron chi connectivity index (χ1n) is 9.66. The molecule has 1 aromatic rings. The number of nitrogens with one attached hydrogen (secondary N) is 1. The van der Waals surface area contributed by atoms with Gasteiger partial charge in [-0.15, -0.1) is 11.3 Å². The Bertz CT molecular complexity index is 728. The first-order valence-corrected chi connectivity index (χ1v) is 10.5. The Morgan fingerprint density at radius 3 is 2.69 bits per heavy atom. The van der Waals surface area contributed by atoms with Crippen LogP contribution in [0.15, 0.2) is 17.5 Å². The van der Waals surface area contributed by atoms with Crippen molar-refractivity contribution in [3.05, 3.63) is 22.4 Å². The number of hydrazine groups is 1. The van der Waals surface area contributed by atoms with E-state index in [0.29, 0.717) is 6.42 Å². The van der Waals surface area contributed by atoms with E-state index in [4.69, 9.17) is 9.47 Å². The summed E-state index contributed by atoms with van der Waals surface area (Å²) in [5.41, 5.74) is 2.43. The van der Waals surface area contributed by atoms with Crippen LogP contribution < -0.4 is 5.43 Å². The minimum atomic E-state index is -0.746. The molecule has 10 heteroatoms. The van der Waals surface area contributed by atoms with Gasteiger partial charge in [0.2, 0.25) is 0 Å². The monoisotopic (exact) mass is 425 g/mol. The number of thiophene rings is 1. The highest BCUT2D eigenvalue weighted by molar-refractivity contribution is 7.10. The first kappa shape index (κ1) is 21.4. The van der Waals surface area contributed by atoms with Crippen molar-refractivity contribution < 1.29 is 28.6 Å². The number of esters is 1. The first-order chi connectivity index (χ1) is 14.0. The van der Waals surface area contributed by atoms with E-state index in [1.54, 1.807) is 18.3 Å². The molecule has 1 aromatic heterocycles. The van der Waals surface area contributed by atoms with Gasteiger partial charge in [0.1, 0.15) is 0 Å². The normalized spacial score (nSPS) is 25.9. The second-order valence-corrected chi connectivity index (χ2v) is 8.07. The second kappa shape index (κ2) is 9.45. The van der Waals surface area contributed by atoms with E-state index < -0.39 is 12.2 Å². The molecule has 2 fully saturated rings. The smallest absolute Gasteiger partial charge is 0.430 e. The van der Waals surface area contributed by atoms with Gasteiger partial charge in [-0.2, -0.15) is 0 Å². The molecular formula is C19H27N3O6S. The van der Waals surface area contributed by atoms with Crippen LogP contribution in [0.1, 0.15) is 37.0 Å². The molecular weight excluding hydrogens is 398 g/mol. The summed E-state index contributed by atoms with van der Waals surface area (Å²) >= 11 is 1.62. The molecule has 0 unspecified atom stereocenters. The van der Waals surface area contributed by atoms with Crippen LogP contribution in [0.25, 0.3) is 0 Å². The summed E-state index contributed by atoms with van der Waals surface area (Å²) in [6, 6.07) is 4.17. The molecule has 2 aliphatic heterocycles. The Hall–Kier alpha value is -2.33. The largest absolute Gasteiger partial charge is 0.469 e. The summed E-state index contributed by atoms with van der Waals surface area (Å²) in [5, 5.41) is 3.13. The van der Waals surface area contributed by atoms with Gasteiger partial charge in [-0.3, -0.25) is 9.69 Å². The van der Waals surface area contributed by atoms with Crippen molar-refractivity contribution in [3.63, 3.8) is 0 Å². The van der Waals surface area contributed by atoms with Crippen molar-refractivity contribution in [1.29, 1.82) is 0 Å². The maximum absolute atomic E-state index is 12.5. The van der Waals surface area contributed by atoms with E-state index in [2.05, 4.69) is 15.1 Å². The summed E-state index contributed by atoms with van der Waals surface area (Å²) < 4.78 is 14.8. The van der Waals surface area contributed by atoms with Crippen molar-refractivity contribution in [2.45, 2.75) is 44.2 Å². The zero-order chi connectivity index (χ0) is 21.0. The molecule has 0 radical (unpaired) electrons. The van der Waals surface area contributed by atoms with Crippen LogP contribution in [0.5, 0.6) is 0 Å². The van der Waals surface area contributed by atoms with Gasteiger partial charge in [0.15, 0.2) is 0 Å². The summed E-state index contributed by atoms with van der Waals surface area (Å²) in [7, 11) is 2.65. The second-order valence-electron chi connectivity index (χ2n) is 7.09. The molecule has 2 saturated heterocycles. The third-order valence-electron chi connectivity index (χ3n) is 5.64. The van der Waals surface area contributed by atoms with Crippen molar-refractivity contribution in [2.24, 2.45) is 5.92 Å². The number of rotatable bonds is 5. The average Bonchev–Trinajstić information content (AvgIpc) is 3.34. The van der Waals surface area contributed by atoms with E-state index in [9.17, 15) is 14.4 Å². The third kappa shape index (κ3) is 4.48. The van der Waals surface area contributed by atoms with Gasteiger partial charge in [0.25, 0.3) is 0 Å². The Morgan fingerprint density at radius 1 is 1.28 bits per heavy atom. The number of ether oxygens (including phenoxy) is 3. The lowest BCUT2D eigenvalue weighted by atomic mass is 9.79. The van der Waals surface area contributed by atoms with Crippen molar-refractivity contribution >= 4 is 29.5 Å². The number of fused-ring (bicyclic) bond motifs is 2. The van der Waals surface area contributed by atoms with Gasteiger partial charge in [0, 0.05) is 22.9 Å². The molecule has 0 aromatic carbocycles. The number of hydrogen-bond acceptors (Lipinski definition) is 8. The van der Waals surface area contributed by atoms with Gasteiger partial charge in [0.05, 0.1) is 33.4 Å². The maximum Gasteiger partial charge on any atom is 0.430 e. The van der Waals surface area contributed by atoms with E-state index in [0.717, 1.165) is 22.7 Å². The third-order valence-corrected chi connectivity index (χ3v) is 6.62. The molecule has 2 amide bonds. The Balaban J connectivity index is 1.85. The van der Waals surface area contributed by atoms with Crippen molar-refractivity contribution in [2.75, 3.05) is 27.5 Å². The van der Waals surface area contributed by atoms with Gasteiger partial charge >= 0.3 is 18.2 Å². The van der Waals surface area contributed by atoms with Crippen LogP contribution in [-0.2, 0) is 19.0 Å². The van der Waals surface area contributed by atoms with E-state index in [1.807, 2.05) is 17.5 Å². The number of hydrogen-bond donors (Lipinski definition) is 1. The van der Waals surface area contributed by atoms with E-state index >= 15 is 0 Å². The average molecular weight is 426 g/mol. The molecule has 1 N–H and O–H groups in total. The highest BCUT2D eigenvalue weighted by atomic mass is 32.1. The fourth-order valence-electron chi connectivity index (χ4n) is 4.46. The maximum atomic E-state index is 12.5. The summed E-state index contributed by atoms with van der Waals surface area (Å²) in [6.45, 7) is 2.04. The lowest BCUT2D eigenvalue weighted by Crippen LogP contribution is -2.57. The van der Waals surface area contributed by atoms with E-state index in [1.165, 1.54) is 14.2 Å². The minimum Gasteiger partial charge on any atom is -0.469 e. The number of carbonyl (C=O) groups excluding carboxylic acids is 3. The molecule has 0 saturated carbocycles. The van der Waals surface area contributed by atoms with Crippen molar-refractivity contribution in [3.8, 4) is 0 Å². The minimum absolute atomic E-state index is 0.0247. The molecule has 9 nitrogen and oxygen atoms in total. The Labute approximate surface area is 173 Å². The SMILES string of the molecule is CCOC(=O)N(CN1[C@@H]2CC[C@@H]1[C@@H](c1cccs1)[C@@H](C(=O)OC)C2)NC(=O)OC. The molecule has 0 spiro atoms. The molecule has 29 heavy (non-hydrogen) atoms. The lowest BCUT2D eigenvalue weighted by molar-refractivity contribution is -0.149. The molecule has 3 rings (SSSR count). The van der Waals surface area contributed by atoms with Crippen LogP contribution in [-0.4, -0.2) is 67.6 Å². The van der Waals surface area contributed by atoms with Gasteiger partial charge in [-0.25, -0.2) is 20.0 Å². The van der Waals surface area contributed by atoms with Gasteiger partial charge in [-0.05, 0) is 37.6 Å². The number of carbonyl (C=O) groups is 3. The molecule has 2 bridgehead atoms.